The Morgan fingerprint density at radius 1 is 1.40 bits per heavy atom. The molecule has 0 heterocycles. The van der Waals surface area contributed by atoms with Crippen molar-refractivity contribution < 1.29 is 9.00 Å². The van der Waals surface area contributed by atoms with E-state index in [-0.39, 0.29) is 5.78 Å². The summed E-state index contributed by atoms with van der Waals surface area (Å²) in [5.41, 5.74) is 0. The summed E-state index contributed by atoms with van der Waals surface area (Å²) in [5.74, 6) is 0.696. The van der Waals surface area contributed by atoms with Gasteiger partial charge in [0, 0.05) is 16.6 Å². The van der Waals surface area contributed by atoms with Gasteiger partial charge in [-0.1, -0.05) is 12.1 Å². The molecule has 0 bridgehead atoms. The molecule has 2 nitrogen and oxygen atoms in total. The van der Waals surface area contributed by atoms with Crippen LogP contribution in [-0.4, -0.2) is 15.7 Å². The first-order chi connectivity index (χ1) is 7.11. The van der Waals surface area contributed by atoms with E-state index in [9.17, 15) is 9.00 Å². The Hall–Kier alpha value is -0.480. The second-order valence-electron chi connectivity index (χ2n) is 3.29. The Morgan fingerprint density at radius 2 is 2.07 bits per heavy atom. The minimum absolute atomic E-state index is 0.152. The normalized spacial score (nSPS) is 12.4. The summed E-state index contributed by atoms with van der Waals surface area (Å²) in [5, 5.41) is 0. The fraction of sp³-hybridized carbons (Fsp3) is 0.364. The molecule has 4 heteroatoms. The first-order valence-corrected chi connectivity index (χ1v) is 6.85. The van der Waals surface area contributed by atoms with Gasteiger partial charge < -0.3 is 4.79 Å². The number of carbonyl (C=O) groups excluding carboxylic acids is 1. The number of ketones is 1. The molecule has 0 radical (unpaired) electrons. The second-order valence-corrected chi connectivity index (χ2v) is 5.68. The Labute approximate surface area is 101 Å². The summed E-state index contributed by atoms with van der Waals surface area (Å²) in [7, 11) is -1.01. The van der Waals surface area contributed by atoms with Crippen molar-refractivity contribution in [3.63, 3.8) is 0 Å². The van der Waals surface area contributed by atoms with Crippen LogP contribution < -0.4 is 0 Å². The van der Waals surface area contributed by atoms with Gasteiger partial charge in [-0.05, 0) is 41.4 Å². The lowest BCUT2D eigenvalue weighted by Gasteiger charge is -2.03. The second kappa shape index (κ2) is 6.18. The van der Waals surface area contributed by atoms with Gasteiger partial charge in [-0.15, -0.1) is 0 Å². The number of halogens is 1. The highest BCUT2D eigenvalue weighted by Crippen LogP contribution is 2.20. The minimum atomic E-state index is -1.01. The van der Waals surface area contributed by atoms with Crippen LogP contribution in [0.3, 0.4) is 0 Å². The van der Waals surface area contributed by atoms with Gasteiger partial charge in [-0.25, -0.2) is 0 Å². The van der Waals surface area contributed by atoms with E-state index < -0.39 is 10.8 Å². The topological polar surface area (TPSA) is 34.1 Å². The summed E-state index contributed by atoms with van der Waals surface area (Å²) in [6.07, 6.45) is 1.19. The van der Waals surface area contributed by atoms with E-state index in [1.165, 1.54) is 0 Å². The molecular formula is C11H13BrO2S. The number of carbonyl (C=O) groups is 1. The van der Waals surface area contributed by atoms with E-state index in [1.54, 1.807) is 6.92 Å². The molecular weight excluding hydrogens is 276 g/mol. The predicted octanol–water partition coefficient (Wildman–Crippen LogP) is 2.93. The van der Waals surface area contributed by atoms with Gasteiger partial charge in [0.15, 0.2) is 0 Å². The van der Waals surface area contributed by atoms with Crippen LogP contribution in [0, 0.1) is 0 Å². The smallest absolute Gasteiger partial charge is 0.129 e. The number of benzene rings is 1. The third kappa shape index (κ3) is 4.26. The molecule has 0 saturated carbocycles. The quantitative estimate of drug-likeness (QED) is 0.835. The lowest BCUT2D eigenvalue weighted by molar-refractivity contribution is -0.117. The van der Waals surface area contributed by atoms with Crippen LogP contribution in [0.1, 0.15) is 19.8 Å². The molecule has 1 unspecified atom stereocenters. The summed E-state index contributed by atoms with van der Waals surface area (Å²) >= 11 is 3.36. The zero-order chi connectivity index (χ0) is 11.3. The molecule has 0 aliphatic heterocycles. The molecule has 1 aromatic rings. The molecule has 1 rings (SSSR count). The summed E-state index contributed by atoms with van der Waals surface area (Å²) < 4.78 is 12.7. The molecule has 15 heavy (non-hydrogen) atoms. The molecule has 0 N–H and O–H groups in total. The van der Waals surface area contributed by atoms with E-state index >= 15 is 0 Å². The predicted molar refractivity (Wildman–Crippen MR) is 65.3 cm³/mol. The maximum atomic E-state index is 11.8. The van der Waals surface area contributed by atoms with Crippen LogP contribution in [0.25, 0.3) is 0 Å². The van der Waals surface area contributed by atoms with Crippen molar-refractivity contribution in [2.45, 2.75) is 24.7 Å². The molecule has 0 saturated heterocycles. The van der Waals surface area contributed by atoms with Crippen LogP contribution in [0.5, 0.6) is 0 Å². The Morgan fingerprint density at radius 3 is 2.67 bits per heavy atom. The molecule has 0 aromatic heterocycles. The molecule has 1 atom stereocenters. The maximum absolute atomic E-state index is 11.8. The number of rotatable bonds is 5. The SMILES string of the molecule is CC(=O)CCCS(=O)c1ccccc1Br. The number of hydrogen-bond donors (Lipinski definition) is 0. The average Bonchev–Trinajstić information content (AvgIpc) is 2.17. The Balaban J connectivity index is 2.54. The molecule has 0 fully saturated rings. The van der Waals surface area contributed by atoms with Crippen molar-refractivity contribution in [3.8, 4) is 0 Å². The first-order valence-electron chi connectivity index (χ1n) is 4.73. The Kier molecular flexibility index (Phi) is 5.19. The van der Waals surface area contributed by atoms with Gasteiger partial charge in [-0.2, -0.15) is 0 Å². The van der Waals surface area contributed by atoms with E-state index in [2.05, 4.69) is 15.9 Å². The van der Waals surface area contributed by atoms with Crippen LogP contribution >= 0.6 is 15.9 Å². The lowest BCUT2D eigenvalue weighted by atomic mass is 10.3. The highest BCUT2D eigenvalue weighted by Gasteiger charge is 2.07. The third-order valence-corrected chi connectivity index (χ3v) is 4.40. The third-order valence-electron chi connectivity index (χ3n) is 1.94. The van der Waals surface area contributed by atoms with Gasteiger partial charge in [0.2, 0.25) is 0 Å². The van der Waals surface area contributed by atoms with E-state index in [4.69, 9.17) is 0 Å². The largest absolute Gasteiger partial charge is 0.300 e. The van der Waals surface area contributed by atoms with Crippen molar-refractivity contribution >= 4 is 32.5 Å². The van der Waals surface area contributed by atoms with Crippen molar-refractivity contribution in [3.05, 3.63) is 28.7 Å². The molecule has 0 aliphatic carbocycles. The number of Topliss-reactive ketones (excluding diaryl/α,β-unsaturated/α-hetero) is 1. The van der Waals surface area contributed by atoms with Crippen molar-refractivity contribution in [2.24, 2.45) is 0 Å². The average molecular weight is 289 g/mol. The lowest BCUT2D eigenvalue weighted by Crippen LogP contribution is -2.01. The van der Waals surface area contributed by atoms with Gasteiger partial charge in [0.05, 0.1) is 15.7 Å². The van der Waals surface area contributed by atoms with Gasteiger partial charge in [0.25, 0.3) is 0 Å². The summed E-state index contributed by atoms with van der Waals surface area (Å²) in [4.78, 5) is 11.5. The van der Waals surface area contributed by atoms with Gasteiger partial charge in [0.1, 0.15) is 5.78 Å². The minimum Gasteiger partial charge on any atom is -0.300 e. The van der Waals surface area contributed by atoms with Crippen LogP contribution in [0.2, 0.25) is 0 Å². The van der Waals surface area contributed by atoms with Crippen molar-refractivity contribution in [1.29, 1.82) is 0 Å². The molecule has 82 valence electrons. The van der Waals surface area contributed by atoms with Crippen LogP contribution in [-0.2, 0) is 15.6 Å². The summed E-state index contributed by atoms with van der Waals surface area (Å²) in [6.45, 7) is 1.56. The molecule has 0 amide bonds. The fourth-order valence-electron chi connectivity index (χ4n) is 1.19. The summed E-state index contributed by atoms with van der Waals surface area (Å²) in [6, 6.07) is 7.47. The van der Waals surface area contributed by atoms with Gasteiger partial charge >= 0.3 is 0 Å². The van der Waals surface area contributed by atoms with Gasteiger partial charge in [-0.3, -0.25) is 4.21 Å². The standard InChI is InChI=1S/C11H13BrO2S/c1-9(13)5-4-8-15(14)11-7-3-2-6-10(11)12/h2-3,6-7H,4-5,8H2,1H3. The van der Waals surface area contributed by atoms with Crippen LogP contribution in [0.4, 0.5) is 0 Å². The zero-order valence-corrected chi connectivity index (χ0v) is 10.9. The van der Waals surface area contributed by atoms with Crippen molar-refractivity contribution in [2.75, 3.05) is 5.75 Å². The highest BCUT2D eigenvalue weighted by molar-refractivity contribution is 9.10. The Bertz CT molecular complexity index is 377. The molecule has 1 aromatic carbocycles. The van der Waals surface area contributed by atoms with Crippen molar-refractivity contribution in [1.82, 2.24) is 0 Å². The van der Waals surface area contributed by atoms with E-state index in [1.807, 2.05) is 24.3 Å². The van der Waals surface area contributed by atoms with E-state index in [0.717, 1.165) is 9.37 Å². The number of hydrogen-bond acceptors (Lipinski definition) is 2. The zero-order valence-electron chi connectivity index (χ0n) is 8.53. The van der Waals surface area contributed by atoms with Crippen LogP contribution in [0.15, 0.2) is 33.6 Å². The monoisotopic (exact) mass is 288 g/mol. The molecule has 0 aliphatic rings. The first kappa shape index (κ1) is 12.6. The maximum Gasteiger partial charge on any atom is 0.129 e. The fourth-order valence-corrected chi connectivity index (χ4v) is 3.16. The van der Waals surface area contributed by atoms with E-state index in [0.29, 0.717) is 18.6 Å². The highest BCUT2D eigenvalue weighted by atomic mass is 79.9. The molecule has 0 spiro atoms.